The summed E-state index contributed by atoms with van der Waals surface area (Å²) < 4.78 is 0. The summed E-state index contributed by atoms with van der Waals surface area (Å²) in [6.45, 7) is 4.14. The summed E-state index contributed by atoms with van der Waals surface area (Å²) in [7, 11) is 0. The highest BCUT2D eigenvalue weighted by Gasteiger charge is 2.33. The summed E-state index contributed by atoms with van der Waals surface area (Å²) in [5, 5.41) is 9.65. The zero-order valence-corrected chi connectivity index (χ0v) is 14.4. The van der Waals surface area contributed by atoms with E-state index in [9.17, 15) is 5.26 Å². The average Bonchev–Trinajstić information content (AvgIpc) is 2.63. The van der Waals surface area contributed by atoms with Crippen LogP contribution in [-0.2, 0) is 13.1 Å². The topological polar surface area (TPSA) is 27.0 Å². The number of nitriles is 1. The van der Waals surface area contributed by atoms with Crippen LogP contribution in [0.1, 0.15) is 37.3 Å². The van der Waals surface area contributed by atoms with Crippen LogP contribution in [-0.4, -0.2) is 10.9 Å². The van der Waals surface area contributed by atoms with Crippen LogP contribution in [0.5, 0.6) is 0 Å². The van der Waals surface area contributed by atoms with Crippen molar-refractivity contribution < 1.29 is 0 Å². The molecule has 0 aliphatic heterocycles. The molecule has 1 aliphatic rings. The fraction of sp³-hybridized carbons (Fsp3) is 0.409. The molecule has 2 heteroatoms. The van der Waals surface area contributed by atoms with Gasteiger partial charge in [0.05, 0.1) is 12.0 Å². The molecule has 3 atom stereocenters. The van der Waals surface area contributed by atoms with E-state index in [4.69, 9.17) is 0 Å². The average molecular weight is 318 g/mol. The van der Waals surface area contributed by atoms with Crippen molar-refractivity contribution in [3.63, 3.8) is 0 Å². The van der Waals surface area contributed by atoms with Crippen molar-refractivity contribution >= 4 is 0 Å². The first-order valence-electron chi connectivity index (χ1n) is 8.98. The van der Waals surface area contributed by atoms with Crippen molar-refractivity contribution in [3.05, 3.63) is 71.8 Å². The second-order valence-electron chi connectivity index (χ2n) is 7.10. The van der Waals surface area contributed by atoms with Crippen LogP contribution in [0.25, 0.3) is 0 Å². The van der Waals surface area contributed by atoms with Crippen molar-refractivity contribution in [2.24, 2.45) is 11.8 Å². The minimum absolute atomic E-state index is 0.147. The third kappa shape index (κ3) is 4.24. The summed E-state index contributed by atoms with van der Waals surface area (Å²) in [5.74, 6) is 0.849. The Hall–Kier alpha value is -2.11. The largest absolute Gasteiger partial charge is 0.291 e. The van der Waals surface area contributed by atoms with Gasteiger partial charge in [0.25, 0.3) is 0 Å². The summed E-state index contributed by atoms with van der Waals surface area (Å²) >= 11 is 0. The van der Waals surface area contributed by atoms with Gasteiger partial charge in [-0.1, -0.05) is 67.6 Å². The van der Waals surface area contributed by atoms with Crippen LogP contribution < -0.4 is 0 Å². The van der Waals surface area contributed by atoms with E-state index in [1.807, 2.05) is 0 Å². The molecule has 0 heterocycles. The lowest BCUT2D eigenvalue weighted by atomic mass is 9.78. The maximum Gasteiger partial charge on any atom is 0.0672 e. The molecule has 1 saturated carbocycles. The van der Waals surface area contributed by atoms with Crippen LogP contribution in [0.3, 0.4) is 0 Å². The first-order chi connectivity index (χ1) is 11.8. The molecule has 0 aromatic heterocycles. The Kier molecular flexibility index (Phi) is 5.67. The minimum atomic E-state index is 0.147. The van der Waals surface area contributed by atoms with Crippen LogP contribution in [0.2, 0.25) is 0 Å². The van der Waals surface area contributed by atoms with Crippen LogP contribution >= 0.6 is 0 Å². The van der Waals surface area contributed by atoms with Gasteiger partial charge in [-0.05, 0) is 36.3 Å². The van der Waals surface area contributed by atoms with Gasteiger partial charge in [-0.25, -0.2) is 0 Å². The van der Waals surface area contributed by atoms with Crippen molar-refractivity contribution in [1.29, 1.82) is 5.26 Å². The lowest BCUT2D eigenvalue weighted by Gasteiger charge is -2.39. The lowest BCUT2D eigenvalue weighted by Crippen LogP contribution is -2.43. The Morgan fingerprint density at radius 3 is 1.96 bits per heavy atom. The van der Waals surface area contributed by atoms with Gasteiger partial charge in [-0.2, -0.15) is 5.26 Å². The fourth-order valence-electron chi connectivity index (χ4n) is 3.83. The highest BCUT2D eigenvalue weighted by molar-refractivity contribution is 5.18. The van der Waals surface area contributed by atoms with Gasteiger partial charge >= 0.3 is 0 Å². The normalized spacial score (nSPS) is 23.8. The van der Waals surface area contributed by atoms with Crippen LogP contribution in [0, 0.1) is 23.2 Å². The number of rotatable bonds is 5. The highest BCUT2D eigenvalue weighted by Crippen LogP contribution is 2.33. The molecule has 1 aliphatic carbocycles. The monoisotopic (exact) mass is 318 g/mol. The van der Waals surface area contributed by atoms with E-state index in [1.54, 1.807) is 0 Å². The standard InChI is InChI=1S/C22H26N2/c1-18-12-13-21(15-23)22(14-18)24(16-19-8-4-2-5-9-19)17-20-10-6-3-7-11-20/h2-11,18,21-22H,12-14,16-17H2,1H3. The van der Waals surface area contributed by atoms with E-state index in [0.717, 1.165) is 25.9 Å². The number of benzene rings is 2. The third-order valence-electron chi connectivity index (χ3n) is 5.17. The Morgan fingerprint density at radius 2 is 1.46 bits per heavy atom. The van der Waals surface area contributed by atoms with Gasteiger partial charge in [-0.15, -0.1) is 0 Å². The van der Waals surface area contributed by atoms with Gasteiger partial charge in [-0.3, -0.25) is 4.90 Å². The first kappa shape index (κ1) is 16.7. The highest BCUT2D eigenvalue weighted by atomic mass is 15.2. The first-order valence-corrected chi connectivity index (χ1v) is 8.98. The van der Waals surface area contributed by atoms with Crippen LogP contribution in [0.4, 0.5) is 0 Å². The summed E-state index contributed by atoms with van der Waals surface area (Å²) in [6, 6.07) is 24.2. The van der Waals surface area contributed by atoms with Crippen molar-refractivity contribution in [2.75, 3.05) is 0 Å². The van der Waals surface area contributed by atoms with Crippen molar-refractivity contribution in [2.45, 2.75) is 45.3 Å². The zero-order valence-electron chi connectivity index (χ0n) is 14.4. The van der Waals surface area contributed by atoms with Crippen molar-refractivity contribution in [1.82, 2.24) is 4.90 Å². The van der Waals surface area contributed by atoms with E-state index in [-0.39, 0.29) is 5.92 Å². The summed E-state index contributed by atoms with van der Waals surface area (Å²) in [5.41, 5.74) is 2.65. The Morgan fingerprint density at radius 1 is 0.917 bits per heavy atom. The lowest BCUT2D eigenvalue weighted by molar-refractivity contribution is 0.0914. The second kappa shape index (κ2) is 8.13. The SMILES string of the molecule is CC1CCC(C#N)C(N(Cc2ccccc2)Cc2ccccc2)C1. The second-order valence-corrected chi connectivity index (χ2v) is 7.10. The molecule has 2 aromatic carbocycles. The van der Waals surface area contributed by atoms with Gasteiger partial charge in [0.1, 0.15) is 0 Å². The molecular weight excluding hydrogens is 292 g/mol. The molecule has 3 unspecified atom stereocenters. The van der Waals surface area contributed by atoms with E-state index >= 15 is 0 Å². The molecule has 2 aromatic rings. The Labute approximate surface area is 145 Å². The van der Waals surface area contributed by atoms with Gasteiger partial charge < -0.3 is 0 Å². The number of nitrogens with zero attached hydrogens (tertiary/aromatic N) is 2. The minimum Gasteiger partial charge on any atom is -0.291 e. The molecule has 3 rings (SSSR count). The smallest absolute Gasteiger partial charge is 0.0672 e. The Balaban J connectivity index is 1.84. The third-order valence-corrected chi connectivity index (χ3v) is 5.17. The molecule has 0 spiro atoms. The molecule has 24 heavy (non-hydrogen) atoms. The quantitative estimate of drug-likeness (QED) is 0.774. The van der Waals surface area contributed by atoms with E-state index < -0.39 is 0 Å². The molecule has 0 radical (unpaired) electrons. The van der Waals surface area contributed by atoms with Gasteiger partial charge in [0.2, 0.25) is 0 Å². The van der Waals surface area contributed by atoms with Crippen LogP contribution in [0.15, 0.2) is 60.7 Å². The maximum absolute atomic E-state index is 9.65. The van der Waals surface area contributed by atoms with Gasteiger partial charge in [0, 0.05) is 19.1 Å². The number of hydrogen-bond acceptors (Lipinski definition) is 2. The molecule has 0 bridgehead atoms. The Bertz CT molecular complexity index is 618. The summed E-state index contributed by atoms with van der Waals surface area (Å²) in [6.07, 6.45) is 3.33. The molecule has 2 nitrogen and oxygen atoms in total. The number of hydrogen-bond donors (Lipinski definition) is 0. The molecule has 124 valence electrons. The predicted octanol–water partition coefficient (Wildman–Crippen LogP) is 5.02. The molecule has 0 amide bonds. The van der Waals surface area contributed by atoms with E-state index in [0.29, 0.717) is 12.0 Å². The predicted molar refractivity (Wildman–Crippen MR) is 98.0 cm³/mol. The summed E-state index contributed by atoms with van der Waals surface area (Å²) in [4.78, 5) is 2.52. The zero-order chi connectivity index (χ0) is 16.8. The maximum atomic E-state index is 9.65. The molecule has 0 N–H and O–H groups in total. The fourth-order valence-corrected chi connectivity index (χ4v) is 3.83. The van der Waals surface area contributed by atoms with Gasteiger partial charge in [0.15, 0.2) is 0 Å². The molecule has 0 saturated heterocycles. The molecular formula is C22H26N2. The molecule has 1 fully saturated rings. The van der Waals surface area contributed by atoms with E-state index in [2.05, 4.69) is 78.6 Å². The van der Waals surface area contributed by atoms with E-state index in [1.165, 1.54) is 17.5 Å². The van der Waals surface area contributed by atoms with Crippen molar-refractivity contribution in [3.8, 4) is 6.07 Å².